The Morgan fingerprint density at radius 2 is 2.50 bits per heavy atom. The maximum Gasteiger partial charge on any atom is 0.255 e. The molecule has 0 unspecified atom stereocenters. The van der Waals surface area contributed by atoms with E-state index in [-0.39, 0.29) is 0 Å². The minimum absolute atomic E-state index is 0.354. The first-order valence-electron chi connectivity index (χ1n) is 4.63. The Labute approximate surface area is 81.8 Å². The van der Waals surface area contributed by atoms with Gasteiger partial charge < -0.3 is 10.5 Å². The van der Waals surface area contributed by atoms with Gasteiger partial charge in [0.05, 0.1) is 6.61 Å². The minimum atomic E-state index is -0.496. The maximum absolute atomic E-state index is 11.0. The van der Waals surface area contributed by atoms with Gasteiger partial charge in [-0.3, -0.25) is 9.48 Å². The molecular formula is C9H13N3O2. The third kappa shape index (κ3) is 1.86. The fourth-order valence-corrected chi connectivity index (χ4v) is 1.22. The van der Waals surface area contributed by atoms with Crippen molar-refractivity contribution in [2.24, 2.45) is 18.7 Å². The zero-order valence-electron chi connectivity index (χ0n) is 8.06. The van der Waals surface area contributed by atoms with Gasteiger partial charge in [-0.25, -0.2) is 0 Å². The molecule has 0 saturated heterocycles. The van der Waals surface area contributed by atoms with E-state index in [2.05, 4.69) is 5.10 Å². The van der Waals surface area contributed by atoms with Gasteiger partial charge in [0.15, 0.2) is 0 Å². The van der Waals surface area contributed by atoms with Gasteiger partial charge in [-0.05, 0) is 18.8 Å². The molecule has 0 radical (unpaired) electrons. The maximum atomic E-state index is 11.0. The van der Waals surface area contributed by atoms with E-state index in [1.165, 1.54) is 17.5 Å². The van der Waals surface area contributed by atoms with E-state index in [9.17, 15) is 4.79 Å². The van der Waals surface area contributed by atoms with Crippen molar-refractivity contribution in [2.45, 2.75) is 12.8 Å². The number of nitrogens with zero attached hydrogens (tertiary/aromatic N) is 2. The number of carbonyl (C=O) groups is 1. The van der Waals surface area contributed by atoms with Crippen LogP contribution in [0.1, 0.15) is 23.2 Å². The van der Waals surface area contributed by atoms with Crippen LogP contribution in [0.3, 0.4) is 0 Å². The van der Waals surface area contributed by atoms with Crippen LogP contribution in [0.5, 0.6) is 5.88 Å². The Morgan fingerprint density at radius 3 is 3.07 bits per heavy atom. The number of nitrogens with two attached hydrogens (primary N) is 1. The highest BCUT2D eigenvalue weighted by Crippen LogP contribution is 2.29. The predicted molar refractivity (Wildman–Crippen MR) is 49.9 cm³/mol. The summed E-state index contributed by atoms with van der Waals surface area (Å²) < 4.78 is 6.94. The van der Waals surface area contributed by atoms with E-state index in [4.69, 9.17) is 10.5 Å². The third-order valence-electron chi connectivity index (χ3n) is 2.21. The molecule has 0 bridgehead atoms. The molecule has 1 heterocycles. The fraction of sp³-hybridized carbons (Fsp3) is 0.556. The number of rotatable bonds is 4. The molecule has 0 atom stereocenters. The van der Waals surface area contributed by atoms with E-state index in [1.807, 2.05) is 0 Å². The van der Waals surface area contributed by atoms with Crippen molar-refractivity contribution in [1.82, 2.24) is 9.78 Å². The smallest absolute Gasteiger partial charge is 0.255 e. The lowest BCUT2D eigenvalue weighted by Gasteiger charge is -2.01. The second kappa shape index (κ2) is 3.32. The first-order chi connectivity index (χ1) is 6.66. The van der Waals surface area contributed by atoms with Gasteiger partial charge in [0.2, 0.25) is 5.88 Å². The van der Waals surface area contributed by atoms with E-state index in [1.54, 1.807) is 13.2 Å². The lowest BCUT2D eigenvalue weighted by atomic mass is 10.3. The van der Waals surface area contributed by atoms with E-state index in [0.29, 0.717) is 24.0 Å². The summed E-state index contributed by atoms with van der Waals surface area (Å²) >= 11 is 0. The summed E-state index contributed by atoms with van der Waals surface area (Å²) in [7, 11) is 1.73. The molecule has 2 rings (SSSR count). The summed E-state index contributed by atoms with van der Waals surface area (Å²) in [4.78, 5) is 11.0. The van der Waals surface area contributed by atoms with Gasteiger partial charge in [-0.2, -0.15) is 0 Å². The zero-order chi connectivity index (χ0) is 10.1. The summed E-state index contributed by atoms with van der Waals surface area (Å²) in [6, 6.07) is 0. The molecule has 5 nitrogen and oxygen atoms in total. The Bertz CT molecular complexity index is 355. The van der Waals surface area contributed by atoms with Gasteiger partial charge in [0, 0.05) is 13.2 Å². The third-order valence-corrected chi connectivity index (χ3v) is 2.21. The van der Waals surface area contributed by atoms with E-state index < -0.39 is 5.91 Å². The Balaban J connectivity index is 2.09. The molecule has 1 fully saturated rings. The molecule has 0 spiro atoms. The predicted octanol–water partition coefficient (Wildman–Crippen LogP) is 0.308. The molecule has 2 N–H and O–H groups in total. The molecule has 5 heteroatoms. The SMILES string of the molecule is Cn1cc(C(N)=O)c(OCC2CC2)n1. The van der Waals surface area contributed by atoms with Crippen molar-refractivity contribution in [1.29, 1.82) is 0 Å². The monoisotopic (exact) mass is 195 g/mol. The van der Waals surface area contributed by atoms with Crippen LogP contribution >= 0.6 is 0 Å². The highest BCUT2D eigenvalue weighted by Gasteiger charge is 2.23. The number of carbonyl (C=O) groups excluding carboxylic acids is 1. The van der Waals surface area contributed by atoms with Gasteiger partial charge in [0.1, 0.15) is 5.56 Å². The number of amides is 1. The van der Waals surface area contributed by atoms with Gasteiger partial charge in [-0.15, -0.1) is 5.10 Å². The molecule has 1 aromatic heterocycles. The summed E-state index contributed by atoms with van der Waals surface area (Å²) in [5.41, 5.74) is 5.53. The molecule has 0 aromatic carbocycles. The quantitative estimate of drug-likeness (QED) is 0.751. The van der Waals surface area contributed by atoms with Gasteiger partial charge in [0.25, 0.3) is 5.91 Å². The number of hydrogen-bond donors (Lipinski definition) is 1. The topological polar surface area (TPSA) is 70.1 Å². The Hall–Kier alpha value is -1.52. The second-order valence-electron chi connectivity index (χ2n) is 3.64. The van der Waals surface area contributed by atoms with Gasteiger partial charge >= 0.3 is 0 Å². The molecular weight excluding hydrogens is 182 g/mol. The average Bonchev–Trinajstić information content (AvgIpc) is 2.86. The van der Waals surface area contributed by atoms with Crippen LogP contribution in [0.4, 0.5) is 0 Å². The average molecular weight is 195 g/mol. The van der Waals surface area contributed by atoms with Crippen LogP contribution < -0.4 is 10.5 Å². The summed E-state index contributed by atoms with van der Waals surface area (Å²) in [5.74, 6) is 0.494. The Morgan fingerprint density at radius 1 is 1.79 bits per heavy atom. The fourth-order valence-electron chi connectivity index (χ4n) is 1.22. The number of ether oxygens (including phenoxy) is 1. The summed E-state index contributed by atoms with van der Waals surface area (Å²) in [6.07, 6.45) is 3.99. The standard InChI is InChI=1S/C9H13N3O2/c1-12-4-7(8(10)13)9(11-12)14-5-6-2-3-6/h4,6H,2-3,5H2,1H3,(H2,10,13). The van der Waals surface area contributed by atoms with Crippen molar-refractivity contribution in [3.05, 3.63) is 11.8 Å². The molecule has 76 valence electrons. The van der Waals surface area contributed by atoms with E-state index in [0.717, 1.165) is 0 Å². The van der Waals surface area contributed by atoms with Crippen molar-refractivity contribution in [3.8, 4) is 5.88 Å². The minimum Gasteiger partial charge on any atom is -0.476 e. The number of aromatic nitrogens is 2. The second-order valence-corrected chi connectivity index (χ2v) is 3.64. The first-order valence-corrected chi connectivity index (χ1v) is 4.63. The van der Waals surface area contributed by atoms with Crippen LogP contribution in [0, 0.1) is 5.92 Å². The lowest BCUT2D eigenvalue weighted by molar-refractivity contribution is 0.0996. The van der Waals surface area contributed by atoms with Gasteiger partial charge in [-0.1, -0.05) is 0 Å². The molecule has 1 amide bonds. The van der Waals surface area contributed by atoms with Crippen LogP contribution in [-0.4, -0.2) is 22.3 Å². The van der Waals surface area contributed by atoms with Crippen molar-refractivity contribution in [3.63, 3.8) is 0 Å². The molecule has 14 heavy (non-hydrogen) atoms. The summed E-state index contributed by atoms with van der Waals surface area (Å²) in [6.45, 7) is 0.636. The van der Waals surface area contributed by atoms with Crippen molar-refractivity contribution >= 4 is 5.91 Å². The normalized spacial score (nSPS) is 15.5. The highest BCUT2D eigenvalue weighted by molar-refractivity contribution is 5.94. The van der Waals surface area contributed by atoms with Crippen molar-refractivity contribution in [2.75, 3.05) is 6.61 Å². The van der Waals surface area contributed by atoms with E-state index >= 15 is 0 Å². The largest absolute Gasteiger partial charge is 0.476 e. The molecule has 1 aromatic rings. The van der Waals surface area contributed by atoms with Crippen LogP contribution in [0.25, 0.3) is 0 Å². The van der Waals surface area contributed by atoms with Crippen molar-refractivity contribution < 1.29 is 9.53 Å². The molecule has 1 aliphatic carbocycles. The zero-order valence-corrected chi connectivity index (χ0v) is 8.06. The highest BCUT2D eigenvalue weighted by atomic mass is 16.5. The number of aryl methyl sites for hydroxylation is 1. The first kappa shape index (κ1) is 9.05. The van der Waals surface area contributed by atoms with Crippen LogP contribution in [0.2, 0.25) is 0 Å². The molecule has 0 aliphatic heterocycles. The number of hydrogen-bond acceptors (Lipinski definition) is 3. The Kier molecular flexibility index (Phi) is 2.15. The number of primary amides is 1. The van der Waals surface area contributed by atoms with Crippen LogP contribution in [0.15, 0.2) is 6.20 Å². The van der Waals surface area contributed by atoms with Crippen LogP contribution in [-0.2, 0) is 7.05 Å². The summed E-state index contributed by atoms with van der Waals surface area (Å²) in [5, 5.41) is 4.03. The lowest BCUT2D eigenvalue weighted by Crippen LogP contribution is -2.12. The molecule has 1 aliphatic rings. The molecule has 1 saturated carbocycles.